The Morgan fingerprint density at radius 3 is 2.75 bits per heavy atom. The van der Waals surface area contributed by atoms with Crippen molar-refractivity contribution in [3.8, 4) is 0 Å². The SMILES string of the molecule is [S]CC1=CCCC=C1. The standard InChI is InChI=1S/C7H9S/c8-6-7-4-2-1-3-5-7/h2,4-5H,1,3,6H2. The summed E-state index contributed by atoms with van der Waals surface area (Å²) in [6.45, 7) is 0. The summed E-state index contributed by atoms with van der Waals surface area (Å²) in [7, 11) is 0. The molecule has 0 nitrogen and oxygen atoms in total. The van der Waals surface area contributed by atoms with E-state index >= 15 is 0 Å². The Hall–Kier alpha value is -0.170. The highest BCUT2D eigenvalue weighted by atomic mass is 32.1. The molecule has 0 aromatic carbocycles. The molecule has 1 heteroatoms. The van der Waals surface area contributed by atoms with E-state index in [-0.39, 0.29) is 0 Å². The van der Waals surface area contributed by atoms with Crippen LogP contribution >= 0.6 is 12.6 Å². The van der Waals surface area contributed by atoms with Crippen molar-refractivity contribution in [1.29, 1.82) is 0 Å². The molecule has 0 fully saturated rings. The van der Waals surface area contributed by atoms with Crippen LogP contribution in [0.1, 0.15) is 12.8 Å². The van der Waals surface area contributed by atoms with Gasteiger partial charge in [-0.1, -0.05) is 30.9 Å². The van der Waals surface area contributed by atoms with Gasteiger partial charge >= 0.3 is 0 Å². The summed E-state index contributed by atoms with van der Waals surface area (Å²) in [4.78, 5) is 0. The van der Waals surface area contributed by atoms with E-state index < -0.39 is 0 Å². The van der Waals surface area contributed by atoms with Gasteiger partial charge in [0, 0.05) is 5.75 Å². The first-order valence-corrected chi connectivity index (χ1v) is 3.45. The fourth-order valence-electron chi connectivity index (χ4n) is 0.775. The van der Waals surface area contributed by atoms with Crippen LogP contribution < -0.4 is 0 Å². The third kappa shape index (κ3) is 1.41. The zero-order valence-electron chi connectivity index (χ0n) is 4.76. The molecule has 8 heavy (non-hydrogen) atoms. The van der Waals surface area contributed by atoms with Crippen LogP contribution in [0, 0.1) is 0 Å². The summed E-state index contributed by atoms with van der Waals surface area (Å²) >= 11 is 4.85. The van der Waals surface area contributed by atoms with Gasteiger partial charge < -0.3 is 0 Å². The maximum absolute atomic E-state index is 4.85. The first-order valence-electron chi connectivity index (χ1n) is 2.87. The summed E-state index contributed by atoms with van der Waals surface area (Å²) < 4.78 is 0. The minimum Gasteiger partial charge on any atom is -0.0890 e. The van der Waals surface area contributed by atoms with Gasteiger partial charge in [-0.2, -0.15) is 0 Å². The van der Waals surface area contributed by atoms with E-state index in [0.29, 0.717) is 0 Å². The lowest BCUT2D eigenvalue weighted by molar-refractivity contribution is 1.02. The number of rotatable bonds is 1. The molecule has 0 amide bonds. The Bertz CT molecular complexity index is 122. The minimum absolute atomic E-state index is 0.774. The molecule has 0 bridgehead atoms. The highest BCUT2D eigenvalue weighted by Gasteiger charge is 1.91. The number of hydrogen-bond acceptors (Lipinski definition) is 0. The zero-order chi connectivity index (χ0) is 5.82. The minimum atomic E-state index is 0.774. The Morgan fingerprint density at radius 1 is 1.50 bits per heavy atom. The maximum Gasteiger partial charge on any atom is 0.0285 e. The van der Waals surface area contributed by atoms with Gasteiger partial charge in [-0.25, -0.2) is 0 Å². The molecule has 0 heterocycles. The van der Waals surface area contributed by atoms with Gasteiger partial charge in [-0.15, -0.1) is 0 Å². The Balaban J connectivity index is 2.51. The molecular weight excluding hydrogens is 116 g/mol. The molecule has 43 valence electrons. The first kappa shape index (κ1) is 5.96. The van der Waals surface area contributed by atoms with E-state index in [9.17, 15) is 0 Å². The van der Waals surface area contributed by atoms with Crippen LogP contribution in [0.15, 0.2) is 23.8 Å². The van der Waals surface area contributed by atoms with Crippen LogP contribution in [0.2, 0.25) is 0 Å². The second kappa shape index (κ2) is 2.98. The van der Waals surface area contributed by atoms with Crippen molar-refractivity contribution in [2.24, 2.45) is 0 Å². The van der Waals surface area contributed by atoms with E-state index in [1.807, 2.05) is 0 Å². The largest absolute Gasteiger partial charge is 0.0890 e. The lowest BCUT2D eigenvalue weighted by atomic mass is 10.1. The van der Waals surface area contributed by atoms with E-state index in [4.69, 9.17) is 12.6 Å². The van der Waals surface area contributed by atoms with Crippen LogP contribution in [0.25, 0.3) is 0 Å². The van der Waals surface area contributed by atoms with Crippen molar-refractivity contribution in [2.75, 3.05) is 5.75 Å². The average Bonchev–Trinajstić information content (AvgIpc) is 1.90. The molecule has 1 aliphatic carbocycles. The van der Waals surface area contributed by atoms with Crippen LogP contribution in [-0.4, -0.2) is 5.75 Å². The summed E-state index contributed by atoms with van der Waals surface area (Å²) in [6, 6.07) is 0. The van der Waals surface area contributed by atoms with E-state index in [2.05, 4.69) is 18.2 Å². The molecule has 1 radical (unpaired) electrons. The molecule has 0 spiro atoms. The number of hydrogen-bond donors (Lipinski definition) is 0. The van der Waals surface area contributed by atoms with E-state index in [1.54, 1.807) is 0 Å². The molecule has 0 aromatic rings. The summed E-state index contributed by atoms with van der Waals surface area (Å²) in [6.07, 6.45) is 8.90. The van der Waals surface area contributed by atoms with Crippen LogP contribution in [-0.2, 0) is 0 Å². The second-order valence-corrected chi connectivity index (χ2v) is 2.19. The van der Waals surface area contributed by atoms with Crippen molar-refractivity contribution in [2.45, 2.75) is 12.8 Å². The molecule has 1 aliphatic rings. The van der Waals surface area contributed by atoms with Crippen molar-refractivity contribution in [3.63, 3.8) is 0 Å². The molecule has 0 saturated carbocycles. The third-order valence-electron chi connectivity index (χ3n) is 1.24. The second-order valence-electron chi connectivity index (χ2n) is 1.90. The summed E-state index contributed by atoms with van der Waals surface area (Å²) in [5.41, 5.74) is 1.31. The van der Waals surface area contributed by atoms with Gasteiger partial charge in [0.25, 0.3) is 0 Å². The lowest BCUT2D eigenvalue weighted by Gasteiger charge is -2.00. The van der Waals surface area contributed by atoms with Crippen molar-refractivity contribution < 1.29 is 0 Å². The van der Waals surface area contributed by atoms with Gasteiger partial charge in [0.1, 0.15) is 0 Å². The van der Waals surface area contributed by atoms with Crippen LogP contribution in [0.4, 0.5) is 0 Å². The van der Waals surface area contributed by atoms with Crippen molar-refractivity contribution in [1.82, 2.24) is 0 Å². The molecular formula is C7H9S. The molecule has 0 aromatic heterocycles. The lowest BCUT2D eigenvalue weighted by Crippen LogP contribution is -1.84. The monoisotopic (exact) mass is 125 g/mol. The van der Waals surface area contributed by atoms with E-state index in [1.165, 1.54) is 18.4 Å². The van der Waals surface area contributed by atoms with Crippen LogP contribution in [0.5, 0.6) is 0 Å². The Kier molecular flexibility index (Phi) is 2.22. The zero-order valence-corrected chi connectivity index (χ0v) is 5.58. The highest BCUT2D eigenvalue weighted by molar-refractivity contribution is 7.80. The van der Waals surface area contributed by atoms with Gasteiger partial charge in [0.2, 0.25) is 0 Å². The van der Waals surface area contributed by atoms with Crippen molar-refractivity contribution >= 4 is 12.6 Å². The first-order chi connectivity index (χ1) is 3.93. The molecule has 0 atom stereocenters. The highest BCUT2D eigenvalue weighted by Crippen LogP contribution is 2.09. The topological polar surface area (TPSA) is 0 Å². The maximum atomic E-state index is 4.85. The van der Waals surface area contributed by atoms with Gasteiger partial charge in [0.05, 0.1) is 0 Å². The Morgan fingerprint density at radius 2 is 2.38 bits per heavy atom. The smallest absolute Gasteiger partial charge is 0.0285 e. The molecule has 0 saturated heterocycles. The molecule has 0 aliphatic heterocycles. The summed E-state index contributed by atoms with van der Waals surface area (Å²) in [5, 5.41) is 0. The molecule has 0 unspecified atom stereocenters. The quantitative estimate of drug-likeness (QED) is 0.505. The predicted octanol–water partition coefficient (Wildman–Crippen LogP) is 2.46. The van der Waals surface area contributed by atoms with Gasteiger partial charge in [0.15, 0.2) is 0 Å². The fraction of sp³-hybridized carbons (Fsp3) is 0.429. The van der Waals surface area contributed by atoms with Crippen LogP contribution in [0.3, 0.4) is 0 Å². The third-order valence-corrected chi connectivity index (χ3v) is 1.57. The van der Waals surface area contributed by atoms with Crippen molar-refractivity contribution in [3.05, 3.63) is 23.8 Å². The molecule has 1 rings (SSSR count). The normalized spacial score (nSPS) is 18.4. The fourth-order valence-corrected chi connectivity index (χ4v) is 0.989. The van der Waals surface area contributed by atoms with Gasteiger partial charge in [-0.3, -0.25) is 0 Å². The molecule has 0 N–H and O–H groups in total. The predicted molar refractivity (Wildman–Crippen MR) is 38.9 cm³/mol. The summed E-state index contributed by atoms with van der Waals surface area (Å²) in [5.74, 6) is 0.774. The average molecular weight is 125 g/mol. The van der Waals surface area contributed by atoms with Gasteiger partial charge in [-0.05, 0) is 18.4 Å². The van der Waals surface area contributed by atoms with E-state index in [0.717, 1.165) is 5.75 Å². The number of allylic oxidation sites excluding steroid dienone is 3. The Labute approximate surface area is 55.7 Å².